The van der Waals surface area contributed by atoms with Crippen LogP contribution in [0, 0.1) is 0 Å². The van der Waals surface area contributed by atoms with Crippen LogP contribution in [0.25, 0.3) is 0 Å². The first-order valence-corrected chi connectivity index (χ1v) is 6.71. The number of alkyl halides is 3. The Morgan fingerprint density at radius 2 is 2.05 bits per heavy atom. The van der Waals surface area contributed by atoms with E-state index in [0.29, 0.717) is 12.8 Å². The van der Waals surface area contributed by atoms with Crippen molar-refractivity contribution in [1.29, 1.82) is 0 Å². The number of hydrogen-bond acceptors (Lipinski definition) is 3. The highest BCUT2D eigenvalue weighted by molar-refractivity contribution is 6.76. The lowest BCUT2D eigenvalue weighted by Crippen LogP contribution is -2.47. The van der Waals surface area contributed by atoms with Crippen molar-refractivity contribution < 1.29 is 14.3 Å². The normalized spacial score (nSPS) is 14.5. The average Bonchev–Trinajstić information content (AvgIpc) is 2.35. The van der Waals surface area contributed by atoms with Crippen LogP contribution in [0.3, 0.4) is 0 Å². The summed E-state index contributed by atoms with van der Waals surface area (Å²) in [6.07, 6.45) is 4.27. The lowest BCUT2D eigenvalue weighted by Gasteiger charge is -2.26. The zero-order valence-electron chi connectivity index (χ0n) is 10.7. The second-order valence-corrected chi connectivity index (χ2v) is 5.99. The fourth-order valence-electron chi connectivity index (χ4n) is 1.34. The highest BCUT2D eigenvalue weighted by atomic mass is 35.6. The number of nitrogens with one attached hydrogen (secondary N) is 1. The number of rotatable bonds is 9. The zero-order valence-corrected chi connectivity index (χ0v) is 13.0. The molecule has 0 aromatic heterocycles. The van der Waals surface area contributed by atoms with Gasteiger partial charge in [-0.15, -0.1) is 13.2 Å². The maximum absolute atomic E-state index is 11.6. The van der Waals surface area contributed by atoms with Gasteiger partial charge in [-0.1, -0.05) is 47.0 Å². The van der Waals surface area contributed by atoms with Gasteiger partial charge in [0.25, 0.3) is 9.70 Å². The van der Waals surface area contributed by atoms with E-state index >= 15 is 0 Å². The summed E-state index contributed by atoms with van der Waals surface area (Å²) < 4.78 is 8.30. The molecule has 1 amide bonds. The molecule has 1 N–H and O–H groups in total. The van der Waals surface area contributed by atoms with Crippen molar-refractivity contribution in [2.45, 2.75) is 28.8 Å². The van der Waals surface area contributed by atoms with Gasteiger partial charge < -0.3 is 14.8 Å². The van der Waals surface area contributed by atoms with Crippen molar-refractivity contribution in [3.8, 4) is 0 Å². The number of halogens is 3. The standard InChI is InChI=1S/C12H18Cl3NO3/c1-4-6-7-10(19-8-18-3)9(5-2)16-11(17)12(13,14)15/h4-5,9-10H,1-2,6-8H2,3H3,(H,16,17)/t9-,10+/m0/s1. The minimum absolute atomic E-state index is 0.0930. The van der Waals surface area contributed by atoms with Crippen LogP contribution in [-0.2, 0) is 14.3 Å². The second-order valence-electron chi connectivity index (χ2n) is 3.71. The van der Waals surface area contributed by atoms with Gasteiger partial charge in [0, 0.05) is 7.11 Å². The van der Waals surface area contributed by atoms with Gasteiger partial charge in [0.05, 0.1) is 12.1 Å². The molecule has 0 aromatic carbocycles. The highest BCUT2D eigenvalue weighted by Gasteiger charge is 2.33. The summed E-state index contributed by atoms with van der Waals surface area (Å²) in [6, 6.07) is -0.488. The van der Waals surface area contributed by atoms with Crippen LogP contribution in [0.15, 0.2) is 25.3 Å². The quantitative estimate of drug-likeness (QED) is 0.402. The Balaban J connectivity index is 4.66. The Bertz CT molecular complexity index is 305. The minimum atomic E-state index is -2.02. The van der Waals surface area contributed by atoms with E-state index in [0.717, 1.165) is 0 Å². The number of methoxy groups -OCH3 is 1. The van der Waals surface area contributed by atoms with E-state index in [1.807, 2.05) is 0 Å². The summed E-state index contributed by atoms with van der Waals surface area (Å²) in [4.78, 5) is 11.6. The first-order valence-electron chi connectivity index (χ1n) is 5.58. The molecule has 0 heterocycles. The Morgan fingerprint density at radius 1 is 1.42 bits per heavy atom. The number of amides is 1. The molecule has 110 valence electrons. The smallest absolute Gasteiger partial charge is 0.272 e. The molecule has 0 radical (unpaired) electrons. The molecule has 0 rings (SSSR count). The molecule has 0 saturated carbocycles. The third kappa shape index (κ3) is 7.80. The molecule has 0 aliphatic heterocycles. The number of hydrogen-bond donors (Lipinski definition) is 1. The van der Waals surface area contributed by atoms with Crippen molar-refractivity contribution in [3.05, 3.63) is 25.3 Å². The molecule has 7 heteroatoms. The molecular weight excluding hydrogens is 312 g/mol. The lowest BCUT2D eigenvalue weighted by atomic mass is 10.1. The second kappa shape index (κ2) is 9.61. The molecule has 2 atom stereocenters. The van der Waals surface area contributed by atoms with Crippen molar-refractivity contribution in [1.82, 2.24) is 5.32 Å². The summed E-state index contributed by atoms with van der Waals surface area (Å²) in [5.41, 5.74) is 0. The Morgan fingerprint density at radius 3 is 2.47 bits per heavy atom. The van der Waals surface area contributed by atoms with Crippen LogP contribution in [0.1, 0.15) is 12.8 Å². The Kier molecular flexibility index (Phi) is 9.48. The van der Waals surface area contributed by atoms with E-state index in [9.17, 15) is 4.79 Å². The maximum Gasteiger partial charge on any atom is 0.272 e. The first-order chi connectivity index (χ1) is 8.86. The molecule has 0 bridgehead atoms. The van der Waals surface area contributed by atoms with Gasteiger partial charge >= 0.3 is 0 Å². The summed E-state index contributed by atoms with van der Waals surface area (Å²) in [5.74, 6) is -0.730. The van der Waals surface area contributed by atoms with Gasteiger partial charge in [0.15, 0.2) is 0 Å². The predicted octanol–water partition coefficient (Wildman–Crippen LogP) is 2.98. The summed E-state index contributed by atoms with van der Waals surface area (Å²) in [7, 11) is 1.51. The molecule has 0 spiro atoms. The monoisotopic (exact) mass is 329 g/mol. The maximum atomic E-state index is 11.6. The average molecular weight is 331 g/mol. The summed E-state index contributed by atoms with van der Waals surface area (Å²) >= 11 is 16.5. The van der Waals surface area contributed by atoms with E-state index in [2.05, 4.69) is 18.5 Å². The van der Waals surface area contributed by atoms with E-state index in [1.165, 1.54) is 13.2 Å². The minimum Gasteiger partial charge on any atom is -0.359 e. The van der Waals surface area contributed by atoms with Crippen LogP contribution in [0.4, 0.5) is 0 Å². The molecule has 0 saturated heterocycles. The summed E-state index contributed by atoms with van der Waals surface area (Å²) in [6.45, 7) is 7.37. The van der Waals surface area contributed by atoms with Crippen LogP contribution >= 0.6 is 34.8 Å². The van der Waals surface area contributed by atoms with Gasteiger partial charge in [-0.25, -0.2) is 0 Å². The Labute approximate surface area is 128 Å². The van der Waals surface area contributed by atoms with E-state index in [1.54, 1.807) is 6.08 Å². The largest absolute Gasteiger partial charge is 0.359 e. The fraction of sp³-hybridized carbons (Fsp3) is 0.583. The Hall–Kier alpha value is -0.260. The van der Waals surface area contributed by atoms with Crippen LogP contribution in [0.2, 0.25) is 0 Å². The zero-order chi connectivity index (χ0) is 14.9. The first kappa shape index (κ1) is 18.7. The van der Waals surface area contributed by atoms with Crippen LogP contribution in [-0.4, -0.2) is 35.7 Å². The van der Waals surface area contributed by atoms with Gasteiger partial charge in [0.1, 0.15) is 6.79 Å². The lowest BCUT2D eigenvalue weighted by molar-refractivity contribution is -0.123. The number of ether oxygens (including phenoxy) is 2. The molecule has 0 aliphatic rings. The van der Waals surface area contributed by atoms with Crippen molar-refractivity contribution in [2.75, 3.05) is 13.9 Å². The topological polar surface area (TPSA) is 47.6 Å². The SMILES string of the molecule is C=CCC[C@@H](OCOC)[C@H](C=C)NC(=O)C(Cl)(Cl)Cl. The molecule has 0 fully saturated rings. The molecule has 0 aliphatic carbocycles. The van der Waals surface area contributed by atoms with Crippen molar-refractivity contribution in [3.63, 3.8) is 0 Å². The highest BCUT2D eigenvalue weighted by Crippen LogP contribution is 2.26. The molecule has 4 nitrogen and oxygen atoms in total. The van der Waals surface area contributed by atoms with Gasteiger partial charge in [-0.05, 0) is 12.8 Å². The third-order valence-corrected chi connectivity index (χ3v) is 2.78. The van der Waals surface area contributed by atoms with Gasteiger partial charge in [-0.3, -0.25) is 4.79 Å². The van der Waals surface area contributed by atoms with E-state index in [-0.39, 0.29) is 12.9 Å². The third-order valence-electron chi connectivity index (χ3n) is 2.26. The number of carbonyl (C=O) groups excluding carboxylic acids is 1. The molecule has 0 unspecified atom stereocenters. The molecular formula is C12H18Cl3NO3. The molecule has 19 heavy (non-hydrogen) atoms. The van der Waals surface area contributed by atoms with Crippen molar-refractivity contribution >= 4 is 40.7 Å². The number of carbonyl (C=O) groups is 1. The number of allylic oxidation sites excluding steroid dienone is 1. The van der Waals surface area contributed by atoms with Gasteiger partial charge in [-0.2, -0.15) is 0 Å². The van der Waals surface area contributed by atoms with E-state index in [4.69, 9.17) is 44.3 Å². The van der Waals surface area contributed by atoms with Crippen molar-refractivity contribution in [2.24, 2.45) is 0 Å². The van der Waals surface area contributed by atoms with Crippen LogP contribution < -0.4 is 5.32 Å². The predicted molar refractivity (Wildman–Crippen MR) is 78.6 cm³/mol. The summed E-state index contributed by atoms with van der Waals surface area (Å²) in [5, 5.41) is 2.56. The molecule has 0 aromatic rings. The van der Waals surface area contributed by atoms with Gasteiger partial charge in [0.2, 0.25) is 0 Å². The van der Waals surface area contributed by atoms with Crippen LogP contribution in [0.5, 0.6) is 0 Å². The van der Waals surface area contributed by atoms with E-state index < -0.39 is 15.7 Å². The fourth-order valence-corrected chi connectivity index (χ4v) is 1.50.